The summed E-state index contributed by atoms with van der Waals surface area (Å²) in [4.78, 5) is 8.84. The Morgan fingerprint density at radius 3 is 3.11 bits per heavy atom. The van der Waals surface area contributed by atoms with Gasteiger partial charge in [-0.15, -0.1) is 0 Å². The zero-order chi connectivity index (χ0) is 12.4. The van der Waals surface area contributed by atoms with Crippen LogP contribution in [-0.4, -0.2) is 21.1 Å². The molecular weight excluding hydrogens is 224 g/mol. The number of fused-ring (bicyclic) bond motifs is 1. The molecule has 0 spiro atoms. The second-order valence-electron chi connectivity index (χ2n) is 5.12. The van der Waals surface area contributed by atoms with Crippen molar-refractivity contribution in [2.24, 2.45) is 5.92 Å². The van der Waals surface area contributed by atoms with Crippen molar-refractivity contribution in [2.75, 3.05) is 6.54 Å². The van der Waals surface area contributed by atoms with Crippen molar-refractivity contribution >= 4 is 11.0 Å². The number of nitrogens with one attached hydrogen (secondary N) is 1. The van der Waals surface area contributed by atoms with Gasteiger partial charge in [-0.3, -0.25) is 4.98 Å². The highest BCUT2D eigenvalue weighted by atomic mass is 15.1. The molecule has 0 bridgehead atoms. The van der Waals surface area contributed by atoms with Gasteiger partial charge in [-0.2, -0.15) is 0 Å². The number of aryl methyl sites for hydroxylation is 1. The molecule has 1 N–H and O–H groups in total. The maximum atomic E-state index is 4.69. The normalized spacial score (nSPS) is 15.4. The fourth-order valence-electron chi connectivity index (χ4n) is 2.35. The summed E-state index contributed by atoms with van der Waals surface area (Å²) in [6, 6.07) is 2.06. The number of nitrogens with zero attached hydrogens (tertiary/aromatic N) is 3. The SMILES string of the molecule is CCCn1c(CNCC2CC2)nc2cnccc21. The lowest BCUT2D eigenvalue weighted by Gasteiger charge is -2.08. The zero-order valence-electron chi connectivity index (χ0n) is 10.9. The maximum Gasteiger partial charge on any atom is 0.123 e. The molecule has 0 unspecified atom stereocenters. The van der Waals surface area contributed by atoms with Crippen molar-refractivity contribution in [1.82, 2.24) is 19.9 Å². The van der Waals surface area contributed by atoms with E-state index < -0.39 is 0 Å². The van der Waals surface area contributed by atoms with Gasteiger partial charge in [0.15, 0.2) is 0 Å². The molecule has 0 aromatic carbocycles. The quantitative estimate of drug-likeness (QED) is 0.848. The number of aromatic nitrogens is 3. The van der Waals surface area contributed by atoms with Crippen molar-refractivity contribution in [1.29, 1.82) is 0 Å². The summed E-state index contributed by atoms with van der Waals surface area (Å²) >= 11 is 0. The summed E-state index contributed by atoms with van der Waals surface area (Å²) < 4.78 is 2.32. The van der Waals surface area contributed by atoms with E-state index in [4.69, 9.17) is 0 Å². The Kier molecular flexibility index (Phi) is 3.28. The fraction of sp³-hybridized carbons (Fsp3) is 0.571. The van der Waals surface area contributed by atoms with Crippen LogP contribution in [0.15, 0.2) is 18.5 Å². The number of pyridine rings is 1. The third-order valence-electron chi connectivity index (χ3n) is 3.49. The first kappa shape index (κ1) is 11.7. The molecule has 0 amide bonds. The molecule has 2 aromatic rings. The van der Waals surface area contributed by atoms with Gasteiger partial charge in [0.2, 0.25) is 0 Å². The molecule has 0 aliphatic heterocycles. The van der Waals surface area contributed by atoms with Gasteiger partial charge in [-0.25, -0.2) is 4.98 Å². The lowest BCUT2D eigenvalue weighted by molar-refractivity contribution is 0.579. The van der Waals surface area contributed by atoms with Crippen LogP contribution in [0.5, 0.6) is 0 Å². The largest absolute Gasteiger partial charge is 0.327 e. The summed E-state index contributed by atoms with van der Waals surface area (Å²) in [6.07, 6.45) is 7.61. The van der Waals surface area contributed by atoms with E-state index in [0.717, 1.165) is 43.3 Å². The Balaban J connectivity index is 1.81. The highest BCUT2D eigenvalue weighted by Crippen LogP contribution is 2.27. The first-order valence-corrected chi connectivity index (χ1v) is 6.88. The number of hydrogen-bond acceptors (Lipinski definition) is 3. The first-order chi connectivity index (χ1) is 8.88. The van der Waals surface area contributed by atoms with Crippen LogP contribution in [0.1, 0.15) is 32.0 Å². The highest BCUT2D eigenvalue weighted by molar-refractivity contribution is 5.74. The number of imidazole rings is 1. The molecule has 18 heavy (non-hydrogen) atoms. The van der Waals surface area contributed by atoms with Crippen LogP contribution in [-0.2, 0) is 13.1 Å². The van der Waals surface area contributed by atoms with Crippen LogP contribution in [0, 0.1) is 5.92 Å². The molecular formula is C14H20N4. The molecule has 0 saturated heterocycles. The van der Waals surface area contributed by atoms with Gasteiger partial charge in [0, 0.05) is 12.7 Å². The minimum Gasteiger partial charge on any atom is -0.327 e. The third-order valence-corrected chi connectivity index (χ3v) is 3.49. The van der Waals surface area contributed by atoms with Crippen molar-refractivity contribution in [3.63, 3.8) is 0 Å². The minimum absolute atomic E-state index is 0.866. The van der Waals surface area contributed by atoms with Crippen LogP contribution in [0.3, 0.4) is 0 Å². The van der Waals surface area contributed by atoms with E-state index in [9.17, 15) is 0 Å². The molecule has 2 heterocycles. The van der Waals surface area contributed by atoms with Gasteiger partial charge in [0.1, 0.15) is 11.3 Å². The van der Waals surface area contributed by atoms with Crippen LogP contribution in [0.2, 0.25) is 0 Å². The first-order valence-electron chi connectivity index (χ1n) is 6.88. The molecule has 3 rings (SSSR count). The molecule has 1 aliphatic rings. The average Bonchev–Trinajstić information content (AvgIpc) is 3.14. The van der Waals surface area contributed by atoms with E-state index in [1.165, 1.54) is 18.4 Å². The van der Waals surface area contributed by atoms with Crippen molar-refractivity contribution in [3.8, 4) is 0 Å². The van der Waals surface area contributed by atoms with Crippen LogP contribution in [0.25, 0.3) is 11.0 Å². The van der Waals surface area contributed by atoms with E-state index in [0.29, 0.717) is 0 Å². The topological polar surface area (TPSA) is 42.7 Å². The minimum atomic E-state index is 0.866. The summed E-state index contributed by atoms with van der Waals surface area (Å²) in [7, 11) is 0. The van der Waals surface area contributed by atoms with Gasteiger partial charge in [0.25, 0.3) is 0 Å². The molecule has 1 saturated carbocycles. The molecule has 1 fully saturated rings. The second-order valence-corrected chi connectivity index (χ2v) is 5.12. The Bertz CT molecular complexity index is 528. The lowest BCUT2D eigenvalue weighted by Crippen LogP contribution is -2.19. The number of rotatable bonds is 6. The second kappa shape index (κ2) is 5.06. The Morgan fingerprint density at radius 2 is 2.33 bits per heavy atom. The average molecular weight is 244 g/mol. The van der Waals surface area contributed by atoms with Gasteiger partial charge in [0.05, 0.1) is 18.3 Å². The summed E-state index contributed by atoms with van der Waals surface area (Å²) in [5.41, 5.74) is 2.21. The Labute approximate surface area is 107 Å². The predicted octanol–water partition coefficient (Wildman–Crippen LogP) is 2.34. The van der Waals surface area contributed by atoms with Crippen molar-refractivity contribution in [2.45, 2.75) is 39.3 Å². The monoisotopic (exact) mass is 244 g/mol. The van der Waals surface area contributed by atoms with E-state index in [1.54, 1.807) is 0 Å². The highest BCUT2D eigenvalue weighted by Gasteiger charge is 2.20. The lowest BCUT2D eigenvalue weighted by atomic mass is 10.4. The van der Waals surface area contributed by atoms with Gasteiger partial charge in [-0.1, -0.05) is 6.92 Å². The predicted molar refractivity (Wildman–Crippen MR) is 72.2 cm³/mol. The Morgan fingerprint density at radius 1 is 1.44 bits per heavy atom. The van der Waals surface area contributed by atoms with Gasteiger partial charge >= 0.3 is 0 Å². The van der Waals surface area contributed by atoms with Crippen LogP contribution >= 0.6 is 0 Å². The van der Waals surface area contributed by atoms with Gasteiger partial charge < -0.3 is 9.88 Å². The van der Waals surface area contributed by atoms with Gasteiger partial charge in [-0.05, 0) is 37.8 Å². The van der Waals surface area contributed by atoms with E-state index in [-0.39, 0.29) is 0 Å². The van der Waals surface area contributed by atoms with Crippen LogP contribution in [0.4, 0.5) is 0 Å². The Hall–Kier alpha value is -1.42. The summed E-state index contributed by atoms with van der Waals surface area (Å²) in [6.45, 7) is 5.23. The van der Waals surface area contributed by atoms with E-state index in [1.807, 2.05) is 12.4 Å². The number of hydrogen-bond donors (Lipinski definition) is 1. The molecule has 4 heteroatoms. The molecule has 1 aliphatic carbocycles. The standard InChI is InChI=1S/C14H20N4/c1-2-7-18-13-5-6-15-9-12(13)17-14(18)10-16-8-11-3-4-11/h5-6,9,11,16H,2-4,7-8,10H2,1H3. The molecule has 96 valence electrons. The molecule has 0 radical (unpaired) electrons. The smallest absolute Gasteiger partial charge is 0.123 e. The van der Waals surface area contributed by atoms with Crippen LogP contribution < -0.4 is 5.32 Å². The molecule has 2 aromatic heterocycles. The van der Waals surface area contributed by atoms with E-state index >= 15 is 0 Å². The van der Waals surface area contributed by atoms with Crippen molar-refractivity contribution < 1.29 is 0 Å². The summed E-state index contributed by atoms with van der Waals surface area (Å²) in [5, 5.41) is 3.52. The van der Waals surface area contributed by atoms with E-state index in [2.05, 4.69) is 32.8 Å². The fourth-order valence-corrected chi connectivity index (χ4v) is 2.35. The maximum absolute atomic E-state index is 4.69. The summed E-state index contributed by atoms with van der Waals surface area (Å²) in [5.74, 6) is 2.05. The third kappa shape index (κ3) is 2.38. The van der Waals surface area contributed by atoms with Crippen molar-refractivity contribution in [3.05, 3.63) is 24.3 Å². The zero-order valence-corrected chi connectivity index (χ0v) is 10.9. The molecule has 0 atom stereocenters. The molecule has 4 nitrogen and oxygen atoms in total.